The molecular formula is C25H20N4O7S. The molecule has 0 radical (unpaired) electrons. The second-order valence-corrected chi connectivity index (χ2v) is 8.80. The van der Waals surface area contributed by atoms with Crippen LogP contribution in [0.25, 0.3) is 6.08 Å². The van der Waals surface area contributed by atoms with Crippen LogP contribution in [0.4, 0.5) is 16.2 Å². The number of nitro groups is 1. The number of aryl methyl sites for hydroxylation is 1. The highest BCUT2D eigenvalue weighted by molar-refractivity contribution is 8.18. The summed E-state index contributed by atoms with van der Waals surface area (Å²) in [4.78, 5) is 52.8. The van der Waals surface area contributed by atoms with E-state index in [0.717, 1.165) is 28.4 Å². The fourth-order valence-corrected chi connectivity index (χ4v) is 4.12. The normalized spacial score (nSPS) is 14.1. The first-order chi connectivity index (χ1) is 17.7. The van der Waals surface area contributed by atoms with Crippen molar-refractivity contribution in [2.75, 3.05) is 19.0 Å². The van der Waals surface area contributed by atoms with Crippen LogP contribution in [0.5, 0.6) is 17.4 Å². The van der Waals surface area contributed by atoms with E-state index in [1.807, 2.05) is 19.1 Å². The number of thioether (sulfide) groups is 1. The summed E-state index contributed by atoms with van der Waals surface area (Å²) < 4.78 is 11.0. The number of hydrogen-bond acceptors (Lipinski definition) is 9. The molecule has 2 aromatic carbocycles. The van der Waals surface area contributed by atoms with Crippen molar-refractivity contribution in [3.05, 3.63) is 86.9 Å². The molecule has 4 rings (SSSR count). The second-order valence-electron chi connectivity index (χ2n) is 7.81. The maximum absolute atomic E-state index is 12.8. The molecule has 0 unspecified atom stereocenters. The lowest BCUT2D eigenvalue weighted by Crippen LogP contribution is -2.36. The van der Waals surface area contributed by atoms with Gasteiger partial charge in [0.2, 0.25) is 11.8 Å². The smallest absolute Gasteiger partial charge is 0.294 e. The Labute approximate surface area is 215 Å². The number of rotatable bonds is 8. The van der Waals surface area contributed by atoms with Crippen LogP contribution in [0, 0.1) is 17.0 Å². The average Bonchev–Trinajstić information content (AvgIpc) is 3.13. The highest BCUT2D eigenvalue weighted by Crippen LogP contribution is 2.36. The Morgan fingerprint density at radius 3 is 2.54 bits per heavy atom. The summed E-state index contributed by atoms with van der Waals surface area (Å²) in [6.45, 7) is 1.51. The van der Waals surface area contributed by atoms with Gasteiger partial charge >= 0.3 is 0 Å². The molecule has 37 heavy (non-hydrogen) atoms. The van der Waals surface area contributed by atoms with E-state index in [1.165, 1.54) is 25.3 Å². The summed E-state index contributed by atoms with van der Waals surface area (Å²) in [7, 11) is 1.43. The van der Waals surface area contributed by atoms with Crippen LogP contribution >= 0.6 is 11.8 Å². The van der Waals surface area contributed by atoms with E-state index in [4.69, 9.17) is 9.47 Å². The van der Waals surface area contributed by atoms with E-state index in [1.54, 1.807) is 30.3 Å². The van der Waals surface area contributed by atoms with Crippen LogP contribution in [-0.2, 0) is 9.59 Å². The number of carbonyl (C=O) groups excluding carboxylic acids is 3. The molecule has 0 atom stereocenters. The van der Waals surface area contributed by atoms with E-state index in [-0.39, 0.29) is 16.5 Å². The van der Waals surface area contributed by atoms with Crippen LogP contribution in [-0.4, -0.2) is 45.5 Å². The molecule has 1 aliphatic heterocycles. The van der Waals surface area contributed by atoms with Gasteiger partial charge in [-0.25, -0.2) is 4.98 Å². The number of ether oxygens (including phenoxy) is 2. The first-order valence-electron chi connectivity index (χ1n) is 10.8. The minimum absolute atomic E-state index is 0.127. The number of amides is 3. The van der Waals surface area contributed by atoms with Gasteiger partial charge in [0, 0.05) is 17.8 Å². The van der Waals surface area contributed by atoms with Crippen molar-refractivity contribution in [2.24, 2.45) is 0 Å². The third kappa shape index (κ3) is 6.11. The maximum atomic E-state index is 12.8. The molecule has 1 aromatic heterocycles. The fourth-order valence-electron chi connectivity index (χ4n) is 3.28. The highest BCUT2D eigenvalue weighted by atomic mass is 32.2. The average molecular weight is 521 g/mol. The molecule has 1 N–H and O–H groups in total. The maximum Gasteiger partial charge on any atom is 0.294 e. The van der Waals surface area contributed by atoms with Gasteiger partial charge in [0.1, 0.15) is 12.7 Å². The summed E-state index contributed by atoms with van der Waals surface area (Å²) in [5, 5.41) is 12.9. The third-order valence-corrected chi connectivity index (χ3v) is 6.05. The minimum atomic E-state index is -0.580. The lowest BCUT2D eigenvalue weighted by molar-refractivity contribution is -0.385. The highest BCUT2D eigenvalue weighted by Gasteiger charge is 2.36. The van der Waals surface area contributed by atoms with E-state index < -0.39 is 28.5 Å². The zero-order valence-corrected chi connectivity index (χ0v) is 20.5. The van der Waals surface area contributed by atoms with Gasteiger partial charge in [-0.2, -0.15) is 0 Å². The predicted molar refractivity (Wildman–Crippen MR) is 136 cm³/mol. The van der Waals surface area contributed by atoms with Crippen molar-refractivity contribution >= 4 is 46.3 Å². The molecule has 0 saturated carbocycles. The Bertz CT molecular complexity index is 1410. The van der Waals surface area contributed by atoms with Gasteiger partial charge < -0.3 is 14.8 Å². The Hall–Kier alpha value is -4.71. The summed E-state index contributed by atoms with van der Waals surface area (Å²) in [5.41, 5.74) is 1.98. The number of aromatic nitrogens is 1. The molecule has 1 fully saturated rings. The standard InChI is InChI=1S/C25H20N4O7S/c1-15-3-6-17(7-4-15)27-22(30)14-28-24(31)21(37-25(28)32)12-16-5-9-19(20(11-16)35-2)36-23-10-8-18(13-26-23)29(33)34/h3-13H,14H2,1-2H3,(H,27,30)/b21-12-. The molecule has 1 saturated heterocycles. The molecule has 12 heteroatoms. The SMILES string of the molecule is COc1cc(/C=C2\SC(=O)N(CC(=O)Nc3ccc(C)cc3)C2=O)ccc1Oc1ccc([N+](=O)[O-])cn1. The molecule has 3 amide bonds. The molecule has 11 nitrogen and oxygen atoms in total. The summed E-state index contributed by atoms with van der Waals surface area (Å²) in [5.74, 6) is -0.340. The van der Waals surface area contributed by atoms with Crippen molar-refractivity contribution in [3.8, 4) is 17.4 Å². The molecular weight excluding hydrogens is 500 g/mol. The molecule has 0 aliphatic carbocycles. The molecule has 2 heterocycles. The number of carbonyl (C=O) groups is 3. The lowest BCUT2D eigenvalue weighted by Gasteiger charge is -2.12. The van der Waals surface area contributed by atoms with Crippen molar-refractivity contribution in [2.45, 2.75) is 6.92 Å². The Morgan fingerprint density at radius 2 is 1.89 bits per heavy atom. The van der Waals surface area contributed by atoms with Gasteiger partial charge in [0.15, 0.2) is 11.5 Å². The minimum Gasteiger partial charge on any atom is -0.493 e. The summed E-state index contributed by atoms with van der Waals surface area (Å²) >= 11 is 0.732. The van der Waals surface area contributed by atoms with Gasteiger partial charge in [0.05, 0.1) is 16.9 Å². The van der Waals surface area contributed by atoms with Crippen molar-refractivity contribution < 1.29 is 28.8 Å². The molecule has 188 valence electrons. The first-order valence-corrected chi connectivity index (χ1v) is 11.6. The Kier molecular flexibility index (Phi) is 7.49. The van der Waals surface area contributed by atoms with Gasteiger partial charge in [0.25, 0.3) is 16.8 Å². The Morgan fingerprint density at radius 1 is 1.14 bits per heavy atom. The van der Waals surface area contributed by atoms with Crippen molar-refractivity contribution in [1.82, 2.24) is 9.88 Å². The number of imide groups is 1. The topological polar surface area (TPSA) is 141 Å². The fraction of sp³-hybridized carbons (Fsp3) is 0.120. The molecule has 0 spiro atoms. The number of nitrogens with zero attached hydrogens (tertiary/aromatic N) is 3. The van der Waals surface area contributed by atoms with E-state index in [2.05, 4.69) is 10.3 Å². The predicted octanol–water partition coefficient (Wildman–Crippen LogP) is 4.77. The zero-order chi connectivity index (χ0) is 26.5. The van der Waals surface area contributed by atoms with Crippen LogP contribution in [0.15, 0.2) is 65.7 Å². The first kappa shape index (κ1) is 25.4. The van der Waals surface area contributed by atoms with Crippen LogP contribution < -0.4 is 14.8 Å². The number of hydrogen-bond donors (Lipinski definition) is 1. The van der Waals surface area contributed by atoms with Crippen molar-refractivity contribution in [1.29, 1.82) is 0 Å². The quantitative estimate of drug-likeness (QED) is 0.252. The lowest BCUT2D eigenvalue weighted by atomic mass is 10.2. The molecule has 3 aromatic rings. The number of methoxy groups -OCH3 is 1. The summed E-state index contributed by atoms with van der Waals surface area (Å²) in [6.07, 6.45) is 2.59. The van der Waals surface area contributed by atoms with Gasteiger partial charge in [-0.3, -0.25) is 29.4 Å². The van der Waals surface area contributed by atoms with E-state index >= 15 is 0 Å². The van der Waals surface area contributed by atoms with Gasteiger partial charge in [-0.1, -0.05) is 23.8 Å². The third-order valence-electron chi connectivity index (χ3n) is 5.14. The van der Waals surface area contributed by atoms with Gasteiger partial charge in [-0.15, -0.1) is 0 Å². The second kappa shape index (κ2) is 10.9. The number of pyridine rings is 1. The molecule has 0 bridgehead atoms. The van der Waals surface area contributed by atoms with Gasteiger partial charge in [-0.05, 0) is 54.6 Å². The zero-order valence-electron chi connectivity index (χ0n) is 19.7. The van der Waals surface area contributed by atoms with Crippen LogP contribution in [0.2, 0.25) is 0 Å². The number of nitrogens with one attached hydrogen (secondary N) is 1. The summed E-state index contributed by atoms with van der Waals surface area (Å²) in [6, 6.07) is 14.6. The van der Waals surface area contributed by atoms with Crippen molar-refractivity contribution in [3.63, 3.8) is 0 Å². The van der Waals surface area contributed by atoms with E-state index in [0.29, 0.717) is 22.7 Å². The molecule has 1 aliphatic rings. The number of benzene rings is 2. The van der Waals surface area contributed by atoms with E-state index in [9.17, 15) is 24.5 Å². The largest absolute Gasteiger partial charge is 0.493 e. The monoisotopic (exact) mass is 520 g/mol. The van der Waals surface area contributed by atoms with Crippen LogP contribution in [0.3, 0.4) is 0 Å². The number of anilines is 1. The van der Waals surface area contributed by atoms with Crippen LogP contribution in [0.1, 0.15) is 11.1 Å². The Balaban J connectivity index is 1.45.